The topological polar surface area (TPSA) is 41.0 Å². The van der Waals surface area contributed by atoms with Crippen LogP contribution < -0.4 is 5.32 Å². The van der Waals surface area contributed by atoms with Gasteiger partial charge < -0.3 is 10.2 Å². The first-order chi connectivity index (χ1) is 7.41. The van der Waals surface area contributed by atoms with E-state index < -0.39 is 0 Å². The fraction of sp³-hybridized carbons (Fsp3) is 0.636. The van der Waals surface area contributed by atoms with Gasteiger partial charge in [0, 0.05) is 25.5 Å². The average molecular weight is 243 g/mol. The van der Waals surface area contributed by atoms with Crippen molar-refractivity contribution in [3.63, 3.8) is 0 Å². The summed E-state index contributed by atoms with van der Waals surface area (Å²) < 4.78 is 0. The van der Waals surface area contributed by atoms with E-state index in [0.29, 0.717) is 11.0 Å². The molecular formula is C11H19ClN4. The predicted molar refractivity (Wildman–Crippen MR) is 67.9 cm³/mol. The first-order valence-corrected chi connectivity index (χ1v) is 5.64. The minimum atomic E-state index is 0.157. The standard InChI is InChI=1S/C11H19ClN4/c1-11(2,8-16(3)4)7-15-10-9(12)13-5-6-14-10/h5-6H,7-8H2,1-4H3,(H,14,15). The number of anilines is 1. The Morgan fingerprint density at radius 1 is 1.31 bits per heavy atom. The zero-order valence-corrected chi connectivity index (χ0v) is 11.0. The Kier molecular flexibility index (Phi) is 4.50. The van der Waals surface area contributed by atoms with E-state index in [1.165, 1.54) is 0 Å². The molecule has 0 atom stereocenters. The van der Waals surface area contributed by atoms with E-state index in [-0.39, 0.29) is 5.41 Å². The van der Waals surface area contributed by atoms with Gasteiger partial charge in [0.1, 0.15) is 0 Å². The molecule has 0 aliphatic carbocycles. The molecule has 0 aliphatic rings. The normalized spacial score (nSPS) is 11.9. The van der Waals surface area contributed by atoms with Gasteiger partial charge in [0.25, 0.3) is 0 Å². The number of rotatable bonds is 5. The monoisotopic (exact) mass is 242 g/mol. The summed E-state index contributed by atoms with van der Waals surface area (Å²) in [5.74, 6) is 0.649. The Balaban J connectivity index is 2.54. The van der Waals surface area contributed by atoms with Crippen molar-refractivity contribution >= 4 is 17.4 Å². The van der Waals surface area contributed by atoms with Crippen molar-refractivity contribution in [2.45, 2.75) is 13.8 Å². The average Bonchev–Trinajstić information content (AvgIpc) is 2.14. The SMILES string of the molecule is CN(C)CC(C)(C)CNc1nccnc1Cl. The molecule has 0 amide bonds. The molecule has 0 saturated carbocycles. The molecule has 1 aromatic heterocycles. The van der Waals surface area contributed by atoms with Crippen LogP contribution in [-0.4, -0.2) is 42.1 Å². The molecule has 1 aromatic rings. The van der Waals surface area contributed by atoms with Crippen molar-refractivity contribution in [3.8, 4) is 0 Å². The van der Waals surface area contributed by atoms with Crippen molar-refractivity contribution in [1.82, 2.24) is 14.9 Å². The van der Waals surface area contributed by atoms with Gasteiger partial charge in [-0.2, -0.15) is 0 Å². The van der Waals surface area contributed by atoms with Crippen LogP contribution in [0, 0.1) is 5.41 Å². The van der Waals surface area contributed by atoms with Crippen LogP contribution in [-0.2, 0) is 0 Å². The number of aromatic nitrogens is 2. The molecule has 0 aliphatic heterocycles. The van der Waals surface area contributed by atoms with Gasteiger partial charge in [-0.1, -0.05) is 25.4 Å². The summed E-state index contributed by atoms with van der Waals surface area (Å²) in [6.45, 7) is 6.20. The highest BCUT2D eigenvalue weighted by molar-refractivity contribution is 6.31. The molecule has 0 spiro atoms. The number of hydrogen-bond donors (Lipinski definition) is 1. The molecule has 5 heteroatoms. The molecule has 0 radical (unpaired) electrons. The van der Waals surface area contributed by atoms with Crippen LogP contribution in [0.3, 0.4) is 0 Å². The lowest BCUT2D eigenvalue weighted by molar-refractivity contribution is 0.254. The summed E-state index contributed by atoms with van der Waals surface area (Å²) >= 11 is 5.91. The van der Waals surface area contributed by atoms with Gasteiger partial charge in [-0.25, -0.2) is 9.97 Å². The molecule has 0 saturated heterocycles. The predicted octanol–water partition coefficient (Wildman–Crippen LogP) is 2.13. The lowest BCUT2D eigenvalue weighted by Gasteiger charge is -2.28. The molecule has 0 aromatic carbocycles. The Hall–Kier alpha value is -0.870. The third-order valence-electron chi connectivity index (χ3n) is 2.13. The Morgan fingerprint density at radius 3 is 2.50 bits per heavy atom. The lowest BCUT2D eigenvalue weighted by Crippen LogP contribution is -2.34. The summed E-state index contributed by atoms with van der Waals surface area (Å²) in [5.41, 5.74) is 0.157. The van der Waals surface area contributed by atoms with Gasteiger partial charge in [-0.3, -0.25) is 0 Å². The summed E-state index contributed by atoms with van der Waals surface area (Å²) in [6.07, 6.45) is 3.21. The molecule has 1 heterocycles. The maximum atomic E-state index is 5.91. The van der Waals surface area contributed by atoms with Crippen molar-refractivity contribution in [2.75, 3.05) is 32.5 Å². The van der Waals surface area contributed by atoms with Crippen LogP contribution >= 0.6 is 11.6 Å². The van der Waals surface area contributed by atoms with E-state index in [1.807, 2.05) is 0 Å². The molecule has 4 nitrogen and oxygen atoms in total. The zero-order valence-electron chi connectivity index (χ0n) is 10.3. The molecule has 1 rings (SSSR count). The van der Waals surface area contributed by atoms with Gasteiger partial charge in [0.15, 0.2) is 11.0 Å². The van der Waals surface area contributed by atoms with Crippen LogP contribution in [0.15, 0.2) is 12.4 Å². The minimum absolute atomic E-state index is 0.157. The van der Waals surface area contributed by atoms with Gasteiger partial charge >= 0.3 is 0 Å². The number of halogens is 1. The molecule has 90 valence electrons. The van der Waals surface area contributed by atoms with E-state index in [1.54, 1.807) is 12.4 Å². The lowest BCUT2D eigenvalue weighted by atomic mass is 9.93. The summed E-state index contributed by atoms with van der Waals surface area (Å²) in [7, 11) is 4.13. The smallest absolute Gasteiger partial charge is 0.171 e. The fourth-order valence-corrected chi connectivity index (χ4v) is 1.85. The number of hydrogen-bond acceptors (Lipinski definition) is 4. The van der Waals surface area contributed by atoms with Gasteiger partial charge in [0.05, 0.1) is 0 Å². The highest BCUT2D eigenvalue weighted by Gasteiger charge is 2.19. The van der Waals surface area contributed by atoms with E-state index in [9.17, 15) is 0 Å². The van der Waals surface area contributed by atoms with Crippen LogP contribution in [0.5, 0.6) is 0 Å². The second-order valence-corrected chi connectivity index (χ2v) is 5.31. The van der Waals surface area contributed by atoms with Crippen LogP contribution in [0.4, 0.5) is 5.82 Å². The molecule has 0 fully saturated rings. The zero-order chi connectivity index (χ0) is 12.2. The number of nitrogens with zero attached hydrogens (tertiary/aromatic N) is 3. The largest absolute Gasteiger partial charge is 0.367 e. The minimum Gasteiger partial charge on any atom is -0.367 e. The van der Waals surface area contributed by atoms with Crippen LogP contribution in [0.1, 0.15) is 13.8 Å². The molecule has 1 N–H and O–H groups in total. The summed E-state index contributed by atoms with van der Waals surface area (Å²) in [6, 6.07) is 0. The van der Waals surface area contributed by atoms with Crippen molar-refractivity contribution < 1.29 is 0 Å². The first kappa shape index (κ1) is 13.2. The van der Waals surface area contributed by atoms with E-state index in [4.69, 9.17) is 11.6 Å². The highest BCUT2D eigenvalue weighted by Crippen LogP contribution is 2.19. The van der Waals surface area contributed by atoms with Gasteiger partial charge in [-0.05, 0) is 19.5 Å². The van der Waals surface area contributed by atoms with Crippen molar-refractivity contribution in [2.24, 2.45) is 5.41 Å². The first-order valence-electron chi connectivity index (χ1n) is 5.26. The highest BCUT2D eigenvalue weighted by atomic mass is 35.5. The quantitative estimate of drug-likeness (QED) is 0.859. The van der Waals surface area contributed by atoms with Crippen molar-refractivity contribution in [1.29, 1.82) is 0 Å². The van der Waals surface area contributed by atoms with Crippen LogP contribution in [0.2, 0.25) is 5.15 Å². The Morgan fingerprint density at radius 2 is 1.94 bits per heavy atom. The van der Waals surface area contributed by atoms with Gasteiger partial charge in [-0.15, -0.1) is 0 Å². The Bertz CT molecular complexity index is 339. The maximum Gasteiger partial charge on any atom is 0.171 e. The second kappa shape index (κ2) is 5.46. The molecule has 16 heavy (non-hydrogen) atoms. The van der Waals surface area contributed by atoms with E-state index in [0.717, 1.165) is 13.1 Å². The van der Waals surface area contributed by atoms with Gasteiger partial charge in [0.2, 0.25) is 0 Å². The summed E-state index contributed by atoms with van der Waals surface area (Å²) in [4.78, 5) is 10.3. The maximum absolute atomic E-state index is 5.91. The van der Waals surface area contributed by atoms with Crippen LogP contribution in [0.25, 0.3) is 0 Å². The second-order valence-electron chi connectivity index (χ2n) is 4.95. The van der Waals surface area contributed by atoms with E-state index >= 15 is 0 Å². The Labute approximate surface area is 102 Å². The van der Waals surface area contributed by atoms with Crippen molar-refractivity contribution in [3.05, 3.63) is 17.5 Å². The fourth-order valence-electron chi connectivity index (χ4n) is 1.67. The molecular weight excluding hydrogens is 224 g/mol. The van der Waals surface area contributed by atoms with E-state index in [2.05, 4.69) is 48.1 Å². The number of nitrogens with one attached hydrogen (secondary N) is 1. The third kappa shape index (κ3) is 4.33. The third-order valence-corrected chi connectivity index (χ3v) is 2.41. The molecule has 0 unspecified atom stereocenters. The molecule has 0 bridgehead atoms. The summed E-state index contributed by atoms with van der Waals surface area (Å²) in [5, 5.41) is 3.65.